The first kappa shape index (κ1) is 14.4. The lowest BCUT2D eigenvalue weighted by Crippen LogP contribution is -2.21. The molecule has 2 aromatic carbocycles. The molecule has 0 radical (unpaired) electrons. The highest BCUT2D eigenvalue weighted by molar-refractivity contribution is 5.87. The number of hydrogen-bond donors (Lipinski definition) is 0. The Bertz CT molecular complexity index is 917. The topological polar surface area (TPSA) is 25.8 Å². The molecule has 1 aliphatic carbocycles. The van der Waals surface area contributed by atoms with Gasteiger partial charge in [-0.3, -0.25) is 0 Å². The molecular formula is C21H22N2. The van der Waals surface area contributed by atoms with E-state index in [1.165, 1.54) is 33.2 Å². The molecule has 0 aliphatic heterocycles. The van der Waals surface area contributed by atoms with Crippen LogP contribution in [0.4, 0.5) is 0 Å². The predicted molar refractivity (Wildman–Crippen MR) is 95.0 cm³/mol. The highest BCUT2D eigenvalue weighted by Gasteiger charge is 2.25. The van der Waals surface area contributed by atoms with Gasteiger partial charge in [-0.1, -0.05) is 57.2 Å². The third-order valence-electron chi connectivity index (χ3n) is 4.82. The fourth-order valence-electron chi connectivity index (χ4n) is 3.48. The third-order valence-corrected chi connectivity index (χ3v) is 4.82. The molecule has 0 saturated heterocycles. The molecule has 4 rings (SSSR count). The molecule has 2 nitrogen and oxygen atoms in total. The summed E-state index contributed by atoms with van der Waals surface area (Å²) in [5, 5.41) is 2.68. The van der Waals surface area contributed by atoms with Crippen molar-refractivity contribution >= 4 is 10.8 Å². The first-order valence-corrected chi connectivity index (χ1v) is 8.30. The van der Waals surface area contributed by atoms with E-state index in [0.29, 0.717) is 0 Å². The van der Waals surface area contributed by atoms with Crippen molar-refractivity contribution in [2.24, 2.45) is 0 Å². The van der Waals surface area contributed by atoms with E-state index >= 15 is 0 Å². The Morgan fingerprint density at radius 1 is 0.870 bits per heavy atom. The van der Waals surface area contributed by atoms with E-state index < -0.39 is 0 Å². The van der Waals surface area contributed by atoms with Gasteiger partial charge in [-0.15, -0.1) is 0 Å². The van der Waals surface area contributed by atoms with E-state index in [2.05, 4.69) is 64.1 Å². The summed E-state index contributed by atoms with van der Waals surface area (Å²) in [6.45, 7) is 8.67. The van der Waals surface area contributed by atoms with Gasteiger partial charge in [0.1, 0.15) is 5.82 Å². The zero-order chi connectivity index (χ0) is 16.2. The molecule has 116 valence electrons. The van der Waals surface area contributed by atoms with Crippen LogP contribution >= 0.6 is 0 Å². The molecule has 0 spiro atoms. The maximum atomic E-state index is 4.94. The van der Waals surface area contributed by atoms with Crippen LogP contribution < -0.4 is 0 Å². The maximum absolute atomic E-state index is 4.94. The quantitative estimate of drug-likeness (QED) is 0.469. The van der Waals surface area contributed by atoms with Crippen LogP contribution in [0.3, 0.4) is 0 Å². The predicted octanol–water partition coefficient (Wildman–Crippen LogP) is 4.73. The van der Waals surface area contributed by atoms with Crippen LogP contribution in [0.5, 0.6) is 0 Å². The fraction of sp³-hybridized carbons (Fsp3) is 0.333. The number of aryl methyl sites for hydroxylation is 1. The molecule has 0 unspecified atom stereocenters. The lowest BCUT2D eigenvalue weighted by atomic mass is 9.84. The SMILES string of the molecule is Cc1nc(C(C)(C)C)nc2c1Cc1ccc3ccccc3c1C2. The molecule has 0 N–H and O–H groups in total. The minimum atomic E-state index is -0.0151. The molecule has 23 heavy (non-hydrogen) atoms. The van der Waals surface area contributed by atoms with Crippen LogP contribution in [0, 0.1) is 6.92 Å². The van der Waals surface area contributed by atoms with E-state index in [1.54, 1.807) is 0 Å². The first-order chi connectivity index (χ1) is 10.9. The molecule has 0 bridgehead atoms. The number of rotatable bonds is 0. The van der Waals surface area contributed by atoms with E-state index in [-0.39, 0.29) is 5.41 Å². The molecule has 1 aromatic heterocycles. The third kappa shape index (κ3) is 2.33. The summed E-state index contributed by atoms with van der Waals surface area (Å²) >= 11 is 0. The van der Waals surface area contributed by atoms with Crippen LogP contribution in [0.25, 0.3) is 10.8 Å². The van der Waals surface area contributed by atoms with Gasteiger partial charge in [0.25, 0.3) is 0 Å². The second kappa shape index (κ2) is 4.89. The molecule has 0 saturated carbocycles. The summed E-state index contributed by atoms with van der Waals surface area (Å²) in [6, 6.07) is 13.2. The standard InChI is InChI=1S/C21H22N2/c1-13-17-11-15-10-9-14-7-5-6-8-16(14)18(15)12-19(17)23-20(22-13)21(2,3)4/h5-10H,11-12H2,1-4H3. The van der Waals surface area contributed by atoms with Gasteiger partial charge in [0, 0.05) is 24.0 Å². The fourth-order valence-corrected chi connectivity index (χ4v) is 3.48. The summed E-state index contributed by atoms with van der Waals surface area (Å²) in [5.41, 5.74) is 6.52. The van der Waals surface area contributed by atoms with E-state index in [4.69, 9.17) is 9.97 Å². The van der Waals surface area contributed by atoms with Crippen molar-refractivity contribution in [3.8, 4) is 0 Å². The minimum Gasteiger partial charge on any atom is -0.237 e. The summed E-state index contributed by atoms with van der Waals surface area (Å²) in [7, 11) is 0. The van der Waals surface area contributed by atoms with Gasteiger partial charge in [0.05, 0.1) is 5.69 Å². The Morgan fingerprint density at radius 2 is 1.65 bits per heavy atom. The zero-order valence-electron chi connectivity index (χ0n) is 14.3. The van der Waals surface area contributed by atoms with Gasteiger partial charge >= 0.3 is 0 Å². The normalized spacial score (nSPS) is 13.7. The summed E-state index contributed by atoms with van der Waals surface area (Å²) in [4.78, 5) is 9.72. The van der Waals surface area contributed by atoms with Crippen molar-refractivity contribution < 1.29 is 0 Å². The van der Waals surface area contributed by atoms with Crippen molar-refractivity contribution in [1.29, 1.82) is 0 Å². The van der Waals surface area contributed by atoms with Gasteiger partial charge in [-0.25, -0.2) is 9.97 Å². The van der Waals surface area contributed by atoms with E-state index in [0.717, 1.165) is 24.4 Å². The van der Waals surface area contributed by atoms with Crippen molar-refractivity contribution in [2.75, 3.05) is 0 Å². The average Bonchev–Trinajstić information content (AvgIpc) is 2.52. The smallest absolute Gasteiger partial charge is 0.134 e. The van der Waals surface area contributed by atoms with Gasteiger partial charge < -0.3 is 0 Å². The first-order valence-electron chi connectivity index (χ1n) is 8.30. The van der Waals surface area contributed by atoms with Crippen LogP contribution in [0.15, 0.2) is 36.4 Å². The van der Waals surface area contributed by atoms with E-state index in [9.17, 15) is 0 Å². The van der Waals surface area contributed by atoms with Crippen LogP contribution in [0.1, 0.15) is 54.7 Å². The second-order valence-corrected chi connectivity index (χ2v) is 7.59. The molecule has 0 amide bonds. The van der Waals surface area contributed by atoms with Crippen LogP contribution in [0.2, 0.25) is 0 Å². The number of nitrogens with zero attached hydrogens (tertiary/aromatic N) is 2. The van der Waals surface area contributed by atoms with Gasteiger partial charge in [0.2, 0.25) is 0 Å². The second-order valence-electron chi connectivity index (χ2n) is 7.59. The lowest BCUT2D eigenvalue weighted by Gasteiger charge is -2.25. The van der Waals surface area contributed by atoms with Gasteiger partial charge in [-0.2, -0.15) is 0 Å². The number of hydrogen-bond acceptors (Lipinski definition) is 2. The van der Waals surface area contributed by atoms with Crippen LogP contribution in [-0.2, 0) is 18.3 Å². The monoisotopic (exact) mass is 302 g/mol. The number of benzene rings is 2. The van der Waals surface area contributed by atoms with Crippen molar-refractivity contribution in [1.82, 2.24) is 9.97 Å². The van der Waals surface area contributed by atoms with Gasteiger partial charge in [-0.05, 0) is 34.4 Å². The maximum Gasteiger partial charge on any atom is 0.134 e. The summed E-state index contributed by atoms with van der Waals surface area (Å²) < 4.78 is 0. The number of fused-ring (bicyclic) bond motifs is 4. The Balaban J connectivity index is 1.90. The molecule has 2 heteroatoms. The zero-order valence-corrected chi connectivity index (χ0v) is 14.3. The van der Waals surface area contributed by atoms with Crippen molar-refractivity contribution in [3.63, 3.8) is 0 Å². The van der Waals surface area contributed by atoms with E-state index in [1.807, 2.05) is 0 Å². The molecule has 0 fully saturated rings. The van der Waals surface area contributed by atoms with Crippen molar-refractivity contribution in [3.05, 3.63) is 70.3 Å². The van der Waals surface area contributed by atoms with Crippen LogP contribution in [-0.4, -0.2) is 9.97 Å². The highest BCUT2D eigenvalue weighted by Crippen LogP contribution is 2.33. The largest absolute Gasteiger partial charge is 0.237 e. The average molecular weight is 302 g/mol. The Morgan fingerprint density at radius 3 is 2.43 bits per heavy atom. The summed E-state index contributed by atoms with van der Waals surface area (Å²) in [6.07, 6.45) is 1.87. The lowest BCUT2D eigenvalue weighted by molar-refractivity contribution is 0.537. The Kier molecular flexibility index (Phi) is 3.06. The number of aromatic nitrogens is 2. The minimum absolute atomic E-state index is 0.0151. The summed E-state index contributed by atoms with van der Waals surface area (Å²) in [5.74, 6) is 0.956. The molecule has 3 aromatic rings. The molecule has 1 aliphatic rings. The Labute approximate surface area is 137 Å². The Hall–Kier alpha value is -2.22. The molecule has 1 heterocycles. The van der Waals surface area contributed by atoms with Gasteiger partial charge in [0.15, 0.2) is 0 Å². The highest BCUT2D eigenvalue weighted by atomic mass is 14.9. The molecular weight excluding hydrogens is 280 g/mol. The molecule has 0 atom stereocenters. The van der Waals surface area contributed by atoms with Crippen molar-refractivity contribution in [2.45, 2.75) is 46.0 Å².